The standard InChI is InChI=1S/C13H14ClNOS/c14-13-6-10(7-15)3-4-11(13)8-16-9-12-2-1-5-17-12/h1-6H,7-9,15H2. The first kappa shape index (κ1) is 12.6. The summed E-state index contributed by atoms with van der Waals surface area (Å²) in [5.41, 5.74) is 7.58. The molecule has 0 aliphatic rings. The summed E-state index contributed by atoms with van der Waals surface area (Å²) in [6.07, 6.45) is 0. The molecule has 2 N–H and O–H groups in total. The topological polar surface area (TPSA) is 35.2 Å². The maximum absolute atomic E-state index is 6.14. The first-order valence-corrected chi connectivity index (χ1v) is 6.63. The zero-order chi connectivity index (χ0) is 12.1. The van der Waals surface area contributed by atoms with Crippen molar-refractivity contribution in [3.8, 4) is 0 Å². The maximum Gasteiger partial charge on any atom is 0.0813 e. The summed E-state index contributed by atoms with van der Waals surface area (Å²) in [6.45, 7) is 1.67. The van der Waals surface area contributed by atoms with Crippen LogP contribution in [-0.2, 0) is 24.5 Å². The van der Waals surface area contributed by atoms with Crippen LogP contribution in [0.3, 0.4) is 0 Å². The van der Waals surface area contributed by atoms with Crippen molar-refractivity contribution >= 4 is 22.9 Å². The Bertz CT molecular complexity index is 470. The number of ether oxygens (including phenoxy) is 1. The lowest BCUT2D eigenvalue weighted by atomic mass is 10.1. The highest BCUT2D eigenvalue weighted by Crippen LogP contribution is 2.19. The van der Waals surface area contributed by atoms with Crippen LogP contribution in [0.15, 0.2) is 35.7 Å². The van der Waals surface area contributed by atoms with E-state index < -0.39 is 0 Å². The molecule has 0 aliphatic heterocycles. The van der Waals surface area contributed by atoms with Crippen LogP contribution in [0.2, 0.25) is 5.02 Å². The smallest absolute Gasteiger partial charge is 0.0813 e. The van der Waals surface area contributed by atoms with Crippen LogP contribution in [0.25, 0.3) is 0 Å². The third kappa shape index (κ3) is 3.54. The lowest BCUT2D eigenvalue weighted by Crippen LogP contribution is -1.98. The van der Waals surface area contributed by atoms with Gasteiger partial charge < -0.3 is 10.5 Å². The summed E-state index contributed by atoms with van der Waals surface area (Å²) >= 11 is 7.83. The SMILES string of the molecule is NCc1ccc(COCc2cccs2)c(Cl)c1. The van der Waals surface area contributed by atoms with Gasteiger partial charge in [-0.25, -0.2) is 0 Å². The summed E-state index contributed by atoms with van der Waals surface area (Å²) in [4.78, 5) is 1.22. The van der Waals surface area contributed by atoms with Crippen molar-refractivity contribution < 1.29 is 4.74 Å². The predicted molar refractivity (Wildman–Crippen MR) is 72.2 cm³/mol. The second-order valence-corrected chi connectivity index (χ2v) is 5.14. The van der Waals surface area contributed by atoms with Gasteiger partial charge >= 0.3 is 0 Å². The average Bonchev–Trinajstić information content (AvgIpc) is 2.84. The van der Waals surface area contributed by atoms with Gasteiger partial charge in [0.25, 0.3) is 0 Å². The lowest BCUT2D eigenvalue weighted by molar-refractivity contribution is 0.109. The van der Waals surface area contributed by atoms with Gasteiger partial charge in [-0.2, -0.15) is 0 Å². The predicted octanol–water partition coefficient (Wildman–Crippen LogP) is 3.58. The first-order valence-electron chi connectivity index (χ1n) is 5.37. The number of rotatable bonds is 5. The molecule has 1 heterocycles. The van der Waals surface area contributed by atoms with Crippen LogP contribution in [0.4, 0.5) is 0 Å². The van der Waals surface area contributed by atoms with Gasteiger partial charge in [0.15, 0.2) is 0 Å². The Balaban J connectivity index is 1.90. The number of nitrogens with two attached hydrogens (primary N) is 1. The molecular weight excluding hydrogens is 254 g/mol. The summed E-state index contributed by atoms with van der Waals surface area (Å²) < 4.78 is 5.61. The molecule has 0 saturated heterocycles. The fourth-order valence-electron chi connectivity index (χ4n) is 1.49. The maximum atomic E-state index is 6.14. The van der Waals surface area contributed by atoms with Gasteiger partial charge in [0.05, 0.1) is 13.2 Å². The molecule has 17 heavy (non-hydrogen) atoms. The van der Waals surface area contributed by atoms with Gasteiger partial charge in [-0.05, 0) is 28.6 Å². The summed E-state index contributed by atoms with van der Waals surface area (Å²) in [5, 5.41) is 2.76. The van der Waals surface area contributed by atoms with Gasteiger partial charge in [0, 0.05) is 16.4 Å². The molecule has 0 fully saturated rings. The Labute approximate surface area is 110 Å². The monoisotopic (exact) mass is 267 g/mol. The van der Waals surface area contributed by atoms with E-state index in [0.29, 0.717) is 19.8 Å². The van der Waals surface area contributed by atoms with Crippen molar-refractivity contribution in [3.05, 3.63) is 56.7 Å². The molecule has 0 saturated carbocycles. The minimum absolute atomic E-state index is 0.510. The fraction of sp³-hybridized carbons (Fsp3) is 0.231. The van der Waals surface area contributed by atoms with Crippen molar-refractivity contribution in [1.29, 1.82) is 0 Å². The zero-order valence-electron chi connectivity index (χ0n) is 9.36. The molecular formula is C13H14ClNOS. The summed E-state index contributed by atoms with van der Waals surface area (Å²) in [5.74, 6) is 0. The second-order valence-electron chi connectivity index (χ2n) is 3.70. The molecule has 0 aliphatic carbocycles. The van der Waals surface area contributed by atoms with Gasteiger partial charge in [0.2, 0.25) is 0 Å². The molecule has 1 aromatic carbocycles. The van der Waals surface area contributed by atoms with Crippen LogP contribution in [0.1, 0.15) is 16.0 Å². The number of hydrogen-bond acceptors (Lipinski definition) is 3. The number of thiophene rings is 1. The minimum Gasteiger partial charge on any atom is -0.371 e. The van der Waals surface area contributed by atoms with E-state index in [-0.39, 0.29) is 0 Å². The highest BCUT2D eigenvalue weighted by Gasteiger charge is 2.02. The minimum atomic E-state index is 0.510. The number of benzene rings is 1. The average molecular weight is 268 g/mol. The normalized spacial score (nSPS) is 10.7. The summed E-state index contributed by atoms with van der Waals surface area (Å²) in [6, 6.07) is 9.93. The largest absolute Gasteiger partial charge is 0.371 e. The van der Waals surface area contributed by atoms with Crippen LogP contribution >= 0.6 is 22.9 Å². The zero-order valence-corrected chi connectivity index (χ0v) is 10.9. The van der Waals surface area contributed by atoms with Crippen LogP contribution in [0, 0.1) is 0 Å². The molecule has 1 aromatic heterocycles. The molecule has 0 radical (unpaired) electrons. The van der Waals surface area contributed by atoms with Crippen molar-refractivity contribution in [1.82, 2.24) is 0 Å². The van der Waals surface area contributed by atoms with Crippen molar-refractivity contribution in [2.24, 2.45) is 5.73 Å². The third-order valence-electron chi connectivity index (χ3n) is 2.44. The number of halogens is 1. The van der Waals surface area contributed by atoms with E-state index in [1.165, 1.54) is 4.88 Å². The Morgan fingerprint density at radius 1 is 1.24 bits per heavy atom. The molecule has 0 amide bonds. The van der Waals surface area contributed by atoms with Gasteiger partial charge in [-0.1, -0.05) is 29.8 Å². The van der Waals surface area contributed by atoms with Gasteiger partial charge in [-0.15, -0.1) is 11.3 Å². The molecule has 90 valence electrons. The first-order chi connectivity index (χ1) is 8.29. The van der Waals surface area contributed by atoms with Crippen molar-refractivity contribution in [3.63, 3.8) is 0 Å². The molecule has 2 aromatic rings. The highest BCUT2D eigenvalue weighted by molar-refractivity contribution is 7.09. The van der Waals surface area contributed by atoms with E-state index >= 15 is 0 Å². The Morgan fingerprint density at radius 2 is 2.12 bits per heavy atom. The molecule has 0 spiro atoms. The Hall–Kier alpha value is -0.870. The molecule has 0 unspecified atom stereocenters. The molecule has 0 bridgehead atoms. The summed E-state index contributed by atoms with van der Waals surface area (Å²) in [7, 11) is 0. The third-order valence-corrected chi connectivity index (χ3v) is 3.64. The van der Waals surface area contributed by atoms with E-state index in [1.807, 2.05) is 29.6 Å². The second kappa shape index (κ2) is 6.17. The number of hydrogen-bond donors (Lipinski definition) is 1. The Morgan fingerprint density at radius 3 is 2.76 bits per heavy atom. The van der Waals surface area contributed by atoms with Gasteiger partial charge in [-0.3, -0.25) is 0 Å². The quantitative estimate of drug-likeness (QED) is 0.899. The van der Waals surface area contributed by atoms with E-state index in [0.717, 1.165) is 16.1 Å². The fourth-order valence-corrected chi connectivity index (χ4v) is 2.39. The van der Waals surface area contributed by atoms with Crippen molar-refractivity contribution in [2.75, 3.05) is 0 Å². The van der Waals surface area contributed by atoms with E-state index in [2.05, 4.69) is 6.07 Å². The molecule has 0 atom stereocenters. The van der Waals surface area contributed by atoms with Crippen LogP contribution in [0.5, 0.6) is 0 Å². The van der Waals surface area contributed by atoms with E-state index in [4.69, 9.17) is 22.1 Å². The lowest BCUT2D eigenvalue weighted by Gasteiger charge is -2.06. The molecule has 2 rings (SSSR count). The van der Waals surface area contributed by atoms with Crippen molar-refractivity contribution in [2.45, 2.75) is 19.8 Å². The molecule has 2 nitrogen and oxygen atoms in total. The van der Waals surface area contributed by atoms with Crippen LogP contribution < -0.4 is 5.73 Å². The van der Waals surface area contributed by atoms with E-state index in [9.17, 15) is 0 Å². The van der Waals surface area contributed by atoms with E-state index in [1.54, 1.807) is 11.3 Å². The highest BCUT2D eigenvalue weighted by atomic mass is 35.5. The molecule has 4 heteroatoms. The van der Waals surface area contributed by atoms with Gasteiger partial charge in [0.1, 0.15) is 0 Å². The van der Waals surface area contributed by atoms with Crippen LogP contribution in [-0.4, -0.2) is 0 Å². The Kier molecular flexibility index (Phi) is 4.57.